The maximum atomic E-state index is 12.6. The maximum absolute atomic E-state index is 12.6. The molecule has 1 aliphatic rings. The number of rotatable bonds is 11. The van der Waals surface area contributed by atoms with Crippen LogP contribution in [-0.2, 0) is 9.53 Å². The molecule has 4 heteroatoms. The van der Waals surface area contributed by atoms with E-state index in [1.54, 1.807) is 0 Å². The van der Waals surface area contributed by atoms with Crippen LogP contribution in [0.15, 0.2) is 0 Å². The summed E-state index contributed by atoms with van der Waals surface area (Å²) in [6.07, 6.45) is 9.71. The minimum atomic E-state index is -0.129. The Morgan fingerprint density at radius 3 is 2.14 bits per heavy atom. The molecule has 0 aromatic heterocycles. The Kier molecular flexibility index (Phi) is 10.5. The predicted molar refractivity (Wildman–Crippen MR) is 87.5 cm³/mol. The molecule has 1 N–H and O–H groups in total. The van der Waals surface area contributed by atoms with Gasteiger partial charge in [0.25, 0.3) is 0 Å². The predicted octanol–water partition coefficient (Wildman–Crippen LogP) is 2.96. The zero-order valence-electron chi connectivity index (χ0n) is 14.0. The van der Waals surface area contributed by atoms with Gasteiger partial charge in [0.2, 0.25) is 5.91 Å². The van der Waals surface area contributed by atoms with E-state index in [0.29, 0.717) is 6.61 Å². The highest BCUT2D eigenvalue weighted by atomic mass is 16.5. The third-order valence-electron chi connectivity index (χ3n) is 4.09. The third-order valence-corrected chi connectivity index (χ3v) is 4.09. The van der Waals surface area contributed by atoms with E-state index in [1.807, 2.05) is 0 Å². The summed E-state index contributed by atoms with van der Waals surface area (Å²) in [5.41, 5.74) is 0. The fourth-order valence-electron chi connectivity index (χ4n) is 2.74. The van der Waals surface area contributed by atoms with Crippen molar-refractivity contribution >= 4 is 5.91 Å². The molecule has 4 nitrogen and oxygen atoms in total. The fourth-order valence-corrected chi connectivity index (χ4v) is 2.74. The van der Waals surface area contributed by atoms with Crippen LogP contribution < -0.4 is 5.32 Å². The second-order valence-electron chi connectivity index (χ2n) is 6.03. The van der Waals surface area contributed by atoms with Crippen molar-refractivity contribution in [2.45, 2.75) is 71.3 Å². The highest BCUT2D eigenvalue weighted by molar-refractivity contribution is 5.82. The van der Waals surface area contributed by atoms with Crippen LogP contribution in [0, 0.1) is 0 Å². The van der Waals surface area contributed by atoms with Crippen molar-refractivity contribution in [1.29, 1.82) is 0 Å². The third kappa shape index (κ3) is 7.82. The molecule has 1 heterocycles. The van der Waals surface area contributed by atoms with Crippen LogP contribution in [0.2, 0.25) is 0 Å². The molecule has 1 amide bonds. The van der Waals surface area contributed by atoms with Gasteiger partial charge in [-0.05, 0) is 12.8 Å². The monoisotopic (exact) mass is 298 g/mol. The van der Waals surface area contributed by atoms with E-state index < -0.39 is 0 Å². The Balaban J connectivity index is 2.38. The van der Waals surface area contributed by atoms with Gasteiger partial charge < -0.3 is 15.0 Å². The van der Waals surface area contributed by atoms with Gasteiger partial charge in [0.05, 0.1) is 13.2 Å². The second-order valence-corrected chi connectivity index (χ2v) is 6.03. The smallest absolute Gasteiger partial charge is 0.242 e. The highest BCUT2D eigenvalue weighted by Gasteiger charge is 2.25. The average molecular weight is 298 g/mol. The van der Waals surface area contributed by atoms with Gasteiger partial charge in [-0.25, -0.2) is 0 Å². The minimum Gasteiger partial charge on any atom is -0.378 e. The topological polar surface area (TPSA) is 41.6 Å². The van der Waals surface area contributed by atoms with E-state index in [9.17, 15) is 4.79 Å². The minimum absolute atomic E-state index is 0.129. The Morgan fingerprint density at radius 2 is 1.67 bits per heavy atom. The van der Waals surface area contributed by atoms with Gasteiger partial charge in [0.1, 0.15) is 6.04 Å². The molecule has 0 radical (unpaired) electrons. The molecule has 124 valence electrons. The molecular formula is C17H34N2O2. The number of hydrogen-bond acceptors (Lipinski definition) is 3. The SMILES string of the molecule is CCCCCCN(CCCCCC)C(=O)C1COCCN1. The summed E-state index contributed by atoms with van der Waals surface area (Å²) in [6.45, 7) is 8.28. The van der Waals surface area contributed by atoms with Crippen LogP contribution >= 0.6 is 0 Å². The van der Waals surface area contributed by atoms with Gasteiger partial charge in [-0.2, -0.15) is 0 Å². The Hall–Kier alpha value is -0.610. The second kappa shape index (κ2) is 12.0. The van der Waals surface area contributed by atoms with Gasteiger partial charge in [-0.15, -0.1) is 0 Å². The molecule has 0 bridgehead atoms. The lowest BCUT2D eigenvalue weighted by Crippen LogP contribution is -2.53. The van der Waals surface area contributed by atoms with E-state index in [-0.39, 0.29) is 11.9 Å². The summed E-state index contributed by atoms with van der Waals surface area (Å²) in [7, 11) is 0. The van der Waals surface area contributed by atoms with Crippen molar-refractivity contribution < 1.29 is 9.53 Å². The normalized spacial score (nSPS) is 18.7. The quantitative estimate of drug-likeness (QED) is 0.596. The standard InChI is InChI=1S/C17H34N2O2/c1-3-5-7-9-12-19(13-10-8-6-4-2)17(20)16-15-21-14-11-18-16/h16,18H,3-15H2,1-2H3. The van der Waals surface area contributed by atoms with Crippen LogP contribution in [0.3, 0.4) is 0 Å². The summed E-state index contributed by atoms with van der Waals surface area (Å²) in [5, 5.41) is 3.29. The van der Waals surface area contributed by atoms with Gasteiger partial charge in [-0.3, -0.25) is 4.79 Å². The molecular weight excluding hydrogens is 264 g/mol. The van der Waals surface area contributed by atoms with Crippen LogP contribution in [0.25, 0.3) is 0 Å². The highest BCUT2D eigenvalue weighted by Crippen LogP contribution is 2.08. The summed E-state index contributed by atoms with van der Waals surface area (Å²) in [6, 6.07) is -0.129. The molecule has 1 unspecified atom stereocenters. The fraction of sp³-hybridized carbons (Fsp3) is 0.941. The average Bonchev–Trinajstić information content (AvgIpc) is 2.53. The molecule has 0 spiro atoms. The van der Waals surface area contributed by atoms with Gasteiger partial charge in [0.15, 0.2) is 0 Å². The molecule has 0 saturated carbocycles. The number of ether oxygens (including phenoxy) is 1. The molecule has 21 heavy (non-hydrogen) atoms. The first-order valence-corrected chi connectivity index (χ1v) is 8.89. The zero-order valence-corrected chi connectivity index (χ0v) is 14.0. The number of carbonyl (C=O) groups is 1. The summed E-state index contributed by atoms with van der Waals surface area (Å²) >= 11 is 0. The molecule has 1 atom stereocenters. The Morgan fingerprint density at radius 1 is 1.05 bits per heavy atom. The van der Waals surface area contributed by atoms with Crippen LogP contribution in [0.4, 0.5) is 0 Å². The van der Waals surface area contributed by atoms with Crippen molar-refractivity contribution in [1.82, 2.24) is 10.2 Å². The Labute approximate surface area is 130 Å². The number of nitrogens with one attached hydrogen (secondary N) is 1. The first-order valence-electron chi connectivity index (χ1n) is 8.89. The number of carbonyl (C=O) groups excluding carboxylic acids is 1. The van der Waals surface area contributed by atoms with Gasteiger partial charge in [-0.1, -0.05) is 52.4 Å². The number of morpholine rings is 1. The van der Waals surface area contributed by atoms with E-state index in [4.69, 9.17) is 4.74 Å². The van der Waals surface area contributed by atoms with Crippen molar-refractivity contribution in [2.75, 3.05) is 32.8 Å². The molecule has 0 aromatic carbocycles. The lowest BCUT2D eigenvalue weighted by molar-refractivity contribution is -0.136. The van der Waals surface area contributed by atoms with E-state index in [1.165, 1.54) is 38.5 Å². The number of nitrogens with zero attached hydrogens (tertiary/aromatic N) is 1. The first kappa shape index (κ1) is 18.4. The van der Waals surface area contributed by atoms with Crippen molar-refractivity contribution in [3.8, 4) is 0 Å². The molecule has 1 rings (SSSR count). The first-order chi connectivity index (χ1) is 10.3. The lowest BCUT2D eigenvalue weighted by atomic mass is 10.1. The van der Waals surface area contributed by atoms with E-state index in [2.05, 4.69) is 24.1 Å². The van der Waals surface area contributed by atoms with Gasteiger partial charge >= 0.3 is 0 Å². The number of hydrogen-bond donors (Lipinski definition) is 1. The molecule has 0 aliphatic carbocycles. The molecule has 1 saturated heterocycles. The largest absolute Gasteiger partial charge is 0.378 e. The summed E-state index contributed by atoms with van der Waals surface area (Å²) < 4.78 is 5.43. The number of amides is 1. The van der Waals surface area contributed by atoms with Gasteiger partial charge in [0, 0.05) is 19.6 Å². The van der Waals surface area contributed by atoms with Crippen LogP contribution in [-0.4, -0.2) is 49.7 Å². The lowest BCUT2D eigenvalue weighted by Gasteiger charge is -2.30. The summed E-state index contributed by atoms with van der Waals surface area (Å²) in [4.78, 5) is 14.7. The van der Waals surface area contributed by atoms with Crippen molar-refractivity contribution in [3.63, 3.8) is 0 Å². The van der Waals surface area contributed by atoms with Crippen molar-refractivity contribution in [3.05, 3.63) is 0 Å². The van der Waals surface area contributed by atoms with Crippen LogP contribution in [0.5, 0.6) is 0 Å². The van der Waals surface area contributed by atoms with Crippen LogP contribution in [0.1, 0.15) is 65.2 Å². The van der Waals surface area contributed by atoms with E-state index >= 15 is 0 Å². The molecule has 1 fully saturated rings. The molecule has 0 aromatic rings. The summed E-state index contributed by atoms with van der Waals surface area (Å²) in [5.74, 6) is 0.239. The Bertz CT molecular complexity index is 254. The number of unbranched alkanes of at least 4 members (excludes halogenated alkanes) is 6. The maximum Gasteiger partial charge on any atom is 0.242 e. The zero-order chi connectivity index (χ0) is 15.3. The van der Waals surface area contributed by atoms with Crippen molar-refractivity contribution in [2.24, 2.45) is 0 Å². The van der Waals surface area contributed by atoms with E-state index in [0.717, 1.165) is 39.1 Å². The molecule has 1 aliphatic heterocycles.